The lowest BCUT2D eigenvalue weighted by Crippen LogP contribution is -2.38. The number of nitrogens with zero attached hydrogens (tertiary/aromatic N) is 3. The molecule has 3 rings (SSSR count). The minimum absolute atomic E-state index is 0.343. The van der Waals surface area contributed by atoms with Crippen molar-refractivity contribution >= 4 is 17.0 Å². The lowest BCUT2D eigenvalue weighted by Gasteiger charge is -2.24. The number of rotatable bonds is 4. The number of β-amino-alcohol motifs (C(OH)–C–C–N with tert-alkyl or cyclic N) is 1. The highest BCUT2D eigenvalue weighted by molar-refractivity contribution is 5.76. The van der Waals surface area contributed by atoms with Gasteiger partial charge in [0.1, 0.15) is 6.04 Å². The molecule has 0 spiro atoms. The lowest BCUT2D eigenvalue weighted by molar-refractivity contribution is -0.142. The summed E-state index contributed by atoms with van der Waals surface area (Å²) in [6.07, 6.45) is 2.56. The van der Waals surface area contributed by atoms with Gasteiger partial charge in [-0.05, 0) is 37.1 Å². The third-order valence-electron chi connectivity index (χ3n) is 4.19. The number of likely N-dealkylation sites (tertiary alicyclic amines) is 1. The average molecular weight is 289 g/mol. The second-order valence-electron chi connectivity index (χ2n) is 5.61. The molecular formula is C15H19N3O3. The van der Waals surface area contributed by atoms with Crippen molar-refractivity contribution in [2.45, 2.75) is 25.0 Å². The summed E-state index contributed by atoms with van der Waals surface area (Å²) < 4.78 is 1.92. The zero-order valence-corrected chi connectivity index (χ0v) is 11.9. The second-order valence-corrected chi connectivity index (χ2v) is 5.61. The fourth-order valence-corrected chi connectivity index (χ4v) is 3.01. The monoisotopic (exact) mass is 289 g/mol. The predicted molar refractivity (Wildman–Crippen MR) is 77.9 cm³/mol. The van der Waals surface area contributed by atoms with Gasteiger partial charge in [0.05, 0.1) is 23.5 Å². The topological polar surface area (TPSA) is 78.6 Å². The van der Waals surface area contributed by atoms with Gasteiger partial charge in [0.25, 0.3) is 0 Å². The van der Waals surface area contributed by atoms with E-state index in [9.17, 15) is 15.0 Å². The first-order valence-electron chi connectivity index (χ1n) is 7.12. The maximum atomic E-state index is 11.2. The molecule has 1 aromatic heterocycles. The van der Waals surface area contributed by atoms with Gasteiger partial charge in [-0.3, -0.25) is 9.69 Å². The Hall–Kier alpha value is -1.92. The van der Waals surface area contributed by atoms with Crippen LogP contribution < -0.4 is 0 Å². The Bertz CT molecular complexity index is 667. The molecule has 6 nitrogen and oxygen atoms in total. The summed E-state index contributed by atoms with van der Waals surface area (Å²) in [5, 5.41) is 19.6. The van der Waals surface area contributed by atoms with Crippen LogP contribution in [-0.2, 0) is 11.8 Å². The molecule has 112 valence electrons. The van der Waals surface area contributed by atoms with Crippen LogP contribution in [0.5, 0.6) is 0 Å². The van der Waals surface area contributed by atoms with Crippen molar-refractivity contribution in [3.05, 3.63) is 30.1 Å². The number of aromatic nitrogens is 2. The highest BCUT2D eigenvalue weighted by Crippen LogP contribution is 2.24. The number of benzene rings is 1. The van der Waals surface area contributed by atoms with Crippen LogP contribution in [-0.4, -0.2) is 49.8 Å². The summed E-state index contributed by atoms with van der Waals surface area (Å²) in [6, 6.07) is 5.20. The smallest absolute Gasteiger partial charge is 0.320 e. The Labute approximate surface area is 122 Å². The van der Waals surface area contributed by atoms with Crippen LogP contribution in [0.15, 0.2) is 24.5 Å². The predicted octanol–water partition coefficient (Wildman–Crippen LogP) is 1.16. The van der Waals surface area contributed by atoms with E-state index in [2.05, 4.69) is 4.98 Å². The van der Waals surface area contributed by atoms with Gasteiger partial charge in [-0.15, -0.1) is 0 Å². The molecule has 0 radical (unpaired) electrons. The molecule has 1 saturated heterocycles. The van der Waals surface area contributed by atoms with Crippen molar-refractivity contribution in [3.63, 3.8) is 0 Å². The summed E-state index contributed by atoms with van der Waals surface area (Å²) in [4.78, 5) is 17.3. The Balaban J connectivity index is 1.77. The van der Waals surface area contributed by atoms with Crippen LogP contribution in [0, 0.1) is 0 Å². The highest BCUT2D eigenvalue weighted by Gasteiger charge is 2.31. The number of aliphatic hydroxyl groups is 1. The highest BCUT2D eigenvalue weighted by atomic mass is 16.4. The number of hydrogen-bond donors (Lipinski definition) is 2. The molecule has 6 heteroatoms. The largest absolute Gasteiger partial charge is 0.480 e. The number of aryl methyl sites for hydroxylation is 1. The molecule has 0 bridgehead atoms. The van der Waals surface area contributed by atoms with E-state index >= 15 is 0 Å². The molecule has 1 aliphatic heterocycles. The van der Waals surface area contributed by atoms with Gasteiger partial charge in [0.2, 0.25) is 0 Å². The van der Waals surface area contributed by atoms with E-state index in [4.69, 9.17) is 0 Å². The standard InChI is InChI=1S/C15H19N3O3/c1-17-9-16-11-7-10(4-5-12(11)17)14(19)8-18-6-2-3-13(18)15(20)21/h4-5,7,9,13-14,19H,2-3,6,8H2,1H3,(H,20,21). The molecule has 2 heterocycles. The van der Waals surface area contributed by atoms with E-state index in [1.54, 1.807) is 6.33 Å². The van der Waals surface area contributed by atoms with Gasteiger partial charge in [-0.25, -0.2) is 4.98 Å². The maximum absolute atomic E-state index is 11.2. The van der Waals surface area contributed by atoms with Crippen LogP contribution in [0.25, 0.3) is 11.0 Å². The van der Waals surface area contributed by atoms with Gasteiger partial charge in [-0.1, -0.05) is 6.07 Å². The van der Waals surface area contributed by atoms with Crippen LogP contribution in [0.3, 0.4) is 0 Å². The molecule has 0 aliphatic carbocycles. The van der Waals surface area contributed by atoms with Crippen molar-refractivity contribution in [2.24, 2.45) is 7.05 Å². The summed E-state index contributed by atoms with van der Waals surface area (Å²) in [6.45, 7) is 1.06. The van der Waals surface area contributed by atoms with Crippen molar-refractivity contribution in [1.29, 1.82) is 0 Å². The number of carboxylic acid groups (broad SMARTS) is 1. The Morgan fingerprint density at radius 1 is 1.52 bits per heavy atom. The van der Waals surface area contributed by atoms with Crippen molar-refractivity contribution in [1.82, 2.24) is 14.5 Å². The van der Waals surface area contributed by atoms with Gasteiger partial charge in [-0.2, -0.15) is 0 Å². The normalized spacial score (nSPS) is 21.0. The van der Waals surface area contributed by atoms with Gasteiger partial charge in [0, 0.05) is 13.6 Å². The van der Waals surface area contributed by atoms with E-state index in [0.29, 0.717) is 13.0 Å². The zero-order chi connectivity index (χ0) is 15.0. The molecule has 21 heavy (non-hydrogen) atoms. The molecule has 2 N–H and O–H groups in total. The van der Waals surface area contributed by atoms with Gasteiger partial charge < -0.3 is 14.8 Å². The second kappa shape index (κ2) is 5.46. The zero-order valence-electron chi connectivity index (χ0n) is 11.9. The molecular weight excluding hydrogens is 270 g/mol. The quantitative estimate of drug-likeness (QED) is 0.883. The molecule has 0 amide bonds. The number of imidazole rings is 1. The number of fused-ring (bicyclic) bond motifs is 1. The molecule has 0 saturated carbocycles. The fourth-order valence-electron chi connectivity index (χ4n) is 3.01. The summed E-state index contributed by atoms with van der Waals surface area (Å²) in [5.41, 5.74) is 2.62. The number of aliphatic hydroxyl groups excluding tert-OH is 1. The van der Waals surface area contributed by atoms with Crippen LogP contribution >= 0.6 is 0 Å². The first-order valence-corrected chi connectivity index (χ1v) is 7.12. The van der Waals surface area contributed by atoms with Crippen LogP contribution in [0.2, 0.25) is 0 Å². The van der Waals surface area contributed by atoms with E-state index in [1.165, 1.54) is 0 Å². The number of carbonyl (C=O) groups is 1. The molecule has 1 aliphatic rings. The van der Waals surface area contributed by atoms with Crippen LogP contribution in [0.4, 0.5) is 0 Å². The SMILES string of the molecule is Cn1cnc2cc(C(O)CN3CCCC3C(=O)O)ccc21. The molecule has 2 unspecified atom stereocenters. The van der Waals surface area contributed by atoms with Crippen LogP contribution in [0.1, 0.15) is 24.5 Å². The first kappa shape index (κ1) is 14.0. The number of aliphatic carboxylic acids is 1. The van der Waals surface area contributed by atoms with Gasteiger partial charge in [0.15, 0.2) is 0 Å². The number of carboxylic acids is 1. The first-order chi connectivity index (χ1) is 10.1. The summed E-state index contributed by atoms with van der Waals surface area (Å²) >= 11 is 0. The summed E-state index contributed by atoms with van der Waals surface area (Å²) in [7, 11) is 1.92. The minimum atomic E-state index is -0.806. The molecule has 1 fully saturated rings. The third kappa shape index (κ3) is 2.64. The molecule has 1 aromatic carbocycles. The molecule has 2 atom stereocenters. The molecule has 2 aromatic rings. The van der Waals surface area contributed by atoms with E-state index < -0.39 is 18.1 Å². The van der Waals surface area contributed by atoms with Crippen molar-refractivity contribution < 1.29 is 15.0 Å². The van der Waals surface area contributed by atoms with Crippen molar-refractivity contribution in [2.75, 3.05) is 13.1 Å². The average Bonchev–Trinajstić information content (AvgIpc) is 3.06. The number of hydrogen-bond acceptors (Lipinski definition) is 4. The maximum Gasteiger partial charge on any atom is 0.320 e. The summed E-state index contributed by atoms with van der Waals surface area (Å²) in [5.74, 6) is -0.806. The Morgan fingerprint density at radius 3 is 3.10 bits per heavy atom. The Morgan fingerprint density at radius 2 is 2.33 bits per heavy atom. The van der Waals surface area contributed by atoms with E-state index in [-0.39, 0.29) is 0 Å². The Kier molecular flexibility index (Phi) is 3.65. The lowest BCUT2D eigenvalue weighted by atomic mass is 10.1. The van der Waals surface area contributed by atoms with Gasteiger partial charge >= 0.3 is 5.97 Å². The minimum Gasteiger partial charge on any atom is -0.480 e. The fraction of sp³-hybridized carbons (Fsp3) is 0.467. The van der Waals surface area contributed by atoms with E-state index in [1.807, 2.05) is 34.7 Å². The van der Waals surface area contributed by atoms with Crippen molar-refractivity contribution in [3.8, 4) is 0 Å². The van der Waals surface area contributed by atoms with E-state index in [0.717, 1.165) is 29.6 Å². The third-order valence-corrected chi connectivity index (χ3v) is 4.19.